The average Bonchev–Trinajstić information content (AvgIpc) is 2.01. The maximum atomic E-state index is 10.5. The minimum Gasteiger partial charge on any atom is -0.481 e. The molecule has 1 saturated carbocycles. The van der Waals surface area contributed by atoms with Gasteiger partial charge in [0.25, 0.3) is 0 Å². The van der Waals surface area contributed by atoms with Crippen LogP contribution < -0.4 is 0 Å². The van der Waals surface area contributed by atoms with Crippen molar-refractivity contribution in [2.24, 2.45) is 11.8 Å². The van der Waals surface area contributed by atoms with Gasteiger partial charge in [-0.15, -0.1) is 0 Å². The molecule has 0 heterocycles. The highest BCUT2D eigenvalue weighted by Crippen LogP contribution is 2.32. The topological polar surface area (TPSA) is 74.6 Å². The summed E-state index contributed by atoms with van der Waals surface area (Å²) in [5.41, 5.74) is 0. The predicted octanol–water partition coefficient (Wildman–Crippen LogP) is 1.74. The molecule has 0 aromatic carbocycles. The van der Waals surface area contributed by atoms with Gasteiger partial charge in [-0.1, -0.05) is 6.42 Å². The van der Waals surface area contributed by atoms with Crippen LogP contribution >= 0.6 is 0 Å². The SMILES string of the molecule is O=C(O)C[C@H]1CCC[C@@H](CC(=O)O)C1. The Bertz CT molecular complexity index is 202. The van der Waals surface area contributed by atoms with E-state index in [1.807, 2.05) is 0 Å². The molecule has 1 rings (SSSR count). The predicted molar refractivity (Wildman–Crippen MR) is 50.0 cm³/mol. The second kappa shape index (κ2) is 4.98. The van der Waals surface area contributed by atoms with Crippen LogP contribution in [0.3, 0.4) is 0 Å². The summed E-state index contributed by atoms with van der Waals surface area (Å²) < 4.78 is 0. The van der Waals surface area contributed by atoms with E-state index in [4.69, 9.17) is 10.2 Å². The second-order valence-corrected chi connectivity index (χ2v) is 4.09. The summed E-state index contributed by atoms with van der Waals surface area (Å²) in [5, 5.41) is 17.2. The summed E-state index contributed by atoms with van der Waals surface area (Å²) in [6, 6.07) is 0. The Kier molecular flexibility index (Phi) is 3.92. The van der Waals surface area contributed by atoms with E-state index in [1.54, 1.807) is 0 Å². The van der Waals surface area contributed by atoms with E-state index < -0.39 is 11.9 Å². The number of hydrogen-bond donors (Lipinski definition) is 2. The highest BCUT2D eigenvalue weighted by Gasteiger charge is 2.25. The van der Waals surface area contributed by atoms with Gasteiger partial charge in [0.1, 0.15) is 0 Å². The lowest BCUT2D eigenvalue weighted by molar-refractivity contribution is -0.138. The van der Waals surface area contributed by atoms with E-state index in [2.05, 4.69) is 0 Å². The zero-order valence-corrected chi connectivity index (χ0v) is 8.11. The molecule has 14 heavy (non-hydrogen) atoms. The van der Waals surface area contributed by atoms with E-state index >= 15 is 0 Å². The molecule has 1 aliphatic carbocycles. The van der Waals surface area contributed by atoms with E-state index in [-0.39, 0.29) is 24.7 Å². The third kappa shape index (κ3) is 3.77. The first-order valence-electron chi connectivity index (χ1n) is 5.01. The number of hydrogen-bond acceptors (Lipinski definition) is 2. The molecule has 2 N–H and O–H groups in total. The summed E-state index contributed by atoms with van der Waals surface area (Å²) in [6.07, 6.45) is 3.98. The molecule has 0 aromatic heterocycles. The molecule has 4 nitrogen and oxygen atoms in total. The lowest BCUT2D eigenvalue weighted by Gasteiger charge is -2.26. The Hall–Kier alpha value is -1.06. The van der Waals surface area contributed by atoms with Crippen molar-refractivity contribution in [2.45, 2.75) is 38.5 Å². The van der Waals surface area contributed by atoms with Gasteiger partial charge in [-0.25, -0.2) is 0 Å². The Morgan fingerprint density at radius 1 is 1.00 bits per heavy atom. The van der Waals surface area contributed by atoms with Crippen LogP contribution in [-0.2, 0) is 9.59 Å². The maximum absolute atomic E-state index is 10.5. The van der Waals surface area contributed by atoms with Gasteiger partial charge in [0.15, 0.2) is 0 Å². The van der Waals surface area contributed by atoms with Gasteiger partial charge in [-0.2, -0.15) is 0 Å². The van der Waals surface area contributed by atoms with Crippen LogP contribution in [0.2, 0.25) is 0 Å². The molecule has 0 unspecified atom stereocenters. The summed E-state index contributed by atoms with van der Waals surface area (Å²) in [7, 11) is 0. The molecule has 0 aromatic rings. The summed E-state index contributed by atoms with van der Waals surface area (Å²) in [6.45, 7) is 0. The Labute approximate surface area is 82.9 Å². The molecule has 0 spiro atoms. The minimum atomic E-state index is -0.772. The fourth-order valence-corrected chi connectivity index (χ4v) is 2.27. The Morgan fingerprint density at radius 3 is 1.79 bits per heavy atom. The van der Waals surface area contributed by atoms with E-state index in [0.717, 1.165) is 25.7 Å². The molecule has 0 saturated heterocycles. The van der Waals surface area contributed by atoms with E-state index in [1.165, 1.54) is 0 Å². The Morgan fingerprint density at radius 2 is 1.43 bits per heavy atom. The standard InChI is InChI=1S/C10H16O4/c11-9(12)5-7-2-1-3-8(4-7)6-10(13)14/h7-8H,1-6H2,(H,11,12)(H,13,14)/t7-,8+. The van der Waals surface area contributed by atoms with E-state index in [9.17, 15) is 9.59 Å². The lowest BCUT2D eigenvalue weighted by Crippen LogP contribution is -2.20. The smallest absolute Gasteiger partial charge is 0.303 e. The highest BCUT2D eigenvalue weighted by atomic mass is 16.4. The summed E-state index contributed by atoms with van der Waals surface area (Å²) in [4.78, 5) is 21.0. The zero-order valence-electron chi connectivity index (χ0n) is 8.11. The molecule has 1 aliphatic rings. The van der Waals surface area contributed by atoms with Gasteiger partial charge in [-0.3, -0.25) is 9.59 Å². The van der Waals surface area contributed by atoms with Gasteiger partial charge < -0.3 is 10.2 Å². The third-order valence-electron chi connectivity index (χ3n) is 2.82. The van der Waals surface area contributed by atoms with Crippen molar-refractivity contribution in [1.29, 1.82) is 0 Å². The molecule has 0 amide bonds. The first-order chi connectivity index (χ1) is 6.58. The first-order valence-corrected chi connectivity index (χ1v) is 5.01. The third-order valence-corrected chi connectivity index (χ3v) is 2.82. The van der Waals surface area contributed by atoms with Gasteiger partial charge in [0.05, 0.1) is 0 Å². The zero-order chi connectivity index (χ0) is 10.6. The normalized spacial score (nSPS) is 27.1. The number of aliphatic carboxylic acids is 2. The average molecular weight is 200 g/mol. The van der Waals surface area contributed by atoms with Gasteiger partial charge in [0.2, 0.25) is 0 Å². The molecule has 1 fully saturated rings. The van der Waals surface area contributed by atoms with Crippen molar-refractivity contribution in [3.63, 3.8) is 0 Å². The Balaban J connectivity index is 2.35. The molecule has 2 atom stereocenters. The fraction of sp³-hybridized carbons (Fsp3) is 0.800. The van der Waals surface area contributed by atoms with Crippen LogP contribution in [0, 0.1) is 11.8 Å². The van der Waals surface area contributed by atoms with Crippen LogP contribution in [0.4, 0.5) is 0 Å². The monoisotopic (exact) mass is 200 g/mol. The van der Waals surface area contributed by atoms with Crippen molar-refractivity contribution < 1.29 is 19.8 Å². The molecular weight excluding hydrogens is 184 g/mol. The molecule has 0 aliphatic heterocycles. The van der Waals surface area contributed by atoms with Crippen molar-refractivity contribution in [3.8, 4) is 0 Å². The van der Waals surface area contributed by atoms with Crippen LogP contribution in [0.1, 0.15) is 38.5 Å². The van der Waals surface area contributed by atoms with Gasteiger partial charge in [0, 0.05) is 12.8 Å². The number of rotatable bonds is 4. The molecule has 80 valence electrons. The summed E-state index contributed by atoms with van der Waals surface area (Å²) in [5.74, 6) is -1.17. The largest absolute Gasteiger partial charge is 0.481 e. The van der Waals surface area contributed by atoms with Crippen molar-refractivity contribution in [1.82, 2.24) is 0 Å². The fourth-order valence-electron chi connectivity index (χ4n) is 2.27. The maximum Gasteiger partial charge on any atom is 0.303 e. The second-order valence-electron chi connectivity index (χ2n) is 4.09. The summed E-state index contributed by atoms with van der Waals surface area (Å²) >= 11 is 0. The quantitative estimate of drug-likeness (QED) is 0.724. The first kappa shape index (κ1) is 11.0. The van der Waals surface area contributed by atoms with Crippen LogP contribution in [0.15, 0.2) is 0 Å². The van der Waals surface area contributed by atoms with Gasteiger partial charge in [-0.05, 0) is 31.1 Å². The molecule has 4 heteroatoms. The van der Waals surface area contributed by atoms with Crippen LogP contribution in [-0.4, -0.2) is 22.2 Å². The van der Waals surface area contributed by atoms with Crippen molar-refractivity contribution in [3.05, 3.63) is 0 Å². The minimum absolute atomic E-state index is 0.186. The molecule has 0 radical (unpaired) electrons. The van der Waals surface area contributed by atoms with Gasteiger partial charge >= 0.3 is 11.9 Å². The number of carboxylic acids is 2. The van der Waals surface area contributed by atoms with Crippen LogP contribution in [0.5, 0.6) is 0 Å². The van der Waals surface area contributed by atoms with Crippen molar-refractivity contribution in [2.75, 3.05) is 0 Å². The van der Waals surface area contributed by atoms with Crippen molar-refractivity contribution >= 4 is 11.9 Å². The molecular formula is C10H16O4. The highest BCUT2D eigenvalue weighted by molar-refractivity contribution is 5.67. The van der Waals surface area contributed by atoms with E-state index in [0.29, 0.717) is 0 Å². The lowest BCUT2D eigenvalue weighted by atomic mass is 9.78. The van der Waals surface area contributed by atoms with Crippen LogP contribution in [0.25, 0.3) is 0 Å². The number of carbonyl (C=O) groups is 2. The molecule has 0 bridgehead atoms. The number of carboxylic acid groups (broad SMARTS) is 2.